The summed E-state index contributed by atoms with van der Waals surface area (Å²) in [4.78, 5) is 27.0. The van der Waals surface area contributed by atoms with Crippen LogP contribution >= 0.6 is 0 Å². The molecule has 0 N–H and O–H groups in total. The summed E-state index contributed by atoms with van der Waals surface area (Å²) in [5.41, 5.74) is 4.51. The molecule has 1 aromatic heterocycles. The lowest BCUT2D eigenvalue weighted by Crippen LogP contribution is -2.27. The fourth-order valence-corrected chi connectivity index (χ4v) is 3.93. The van der Waals surface area contributed by atoms with E-state index in [2.05, 4.69) is 11.7 Å². The lowest BCUT2D eigenvalue weighted by molar-refractivity contribution is 0.0522. The van der Waals surface area contributed by atoms with Crippen molar-refractivity contribution in [3.63, 3.8) is 0 Å². The molecule has 0 fully saturated rings. The number of nitriles is 1. The molecule has 4 rings (SSSR count). The van der Waals surface area contributed by atoms with Crippen molar-refractivity contribution in [1.29, 1.82) is 5.26 Å². The van der Waals surface area contributed by atoms with Gasteiger partial charge in [0, 0.05) is 23.1 Å². The predicted molar refractivity (Wildman–Crippen MR) is 121 cm³/mol. The molecular formula is C25H24N4O3. The molecule has 0 radical (unpaired) electrons. The summed E-state index contributed by atoms with van der Waals surface area (Å²) < 4.78 is 6.76. The van der Waals surface area contributed by atoms with Gasteiger partial charge >= 0.3 is 6.09 Å². The molecule has 1 aliphatic rings. The third-order valence-corrected chi connectivity index (χ3v) is 5.32. The first-order valence-electron chi connectivity index (χ1n) is 10.3. The van der Waals surface area contributed by atoms with Gasteiger partial charge in [-0.3, -0.25) is 4.79 Å². The zero-order valence-corrected chi connectivity index (χ0v) is 18.6. The van der Waals surface area contributed by atoms with E-state index in [1.165, 1.54) is 4.68 Å². The van der Waals surface area contributed by atoms with Crippen LogP contribution in [0.4, 0.5) is 4.79 Å². The van der Waals surface area contributed by atoms with Crippen LogP contribution in [0, 0.1) is 18.3 Å². The second kappa shape index (κ2) is 7.65. The summed E-state index contributed by atoms with van der Waals surface area (Å²) in [6, 6.07) is 13.4. The summed E-state index contributed by atoms with van der Waals surface area (Å²) in [7, 11) is 0. The summed E-state index contributed by atoms with van der Waals surface area (Å²) in [5.74, 6) is -0.103. The van der Waals surface area contributed by atoms with Crippen molar-refractivity contribution in [2.75, 3.05) is 6.54 Å². The maximum absolute atomic E-state index is 12.8. The minimum absolute atomic E-state index is 0.103. The summed E-state index contributed by atoms with van der Waals surface area (Å²) in [5, 5.41) is 14.3. The molecule has 2 aromatic carbocycles. The van der Waals surface area contributed by atoms with Crippen molar-refractivity contribution in [3.8, 4) is 17.2 Å². The van der Waals surface area contributed by atoms with E-state index in [-0.39, 0.29) is 12.5 Å². The first-order valence-corrected chi connectivity index (χ1v) is 10.3. The maximum atomic E-state index is 12.8. The molecule has 32 heavy (non-hydrogen) atoms. The van der Waals surface area contributed by atoms with Crippen molar-refractivity contribution in [3.05, 3.63) is 65.4 Å². The van der Waals surface area contributed by atoms with Gasteiger partial charge in [-0.25, -0.2) is 4.79 Å². The monoisotopic (exact) mass is 428 g/mol. The lowest BCUT2D eigenvalue weighted by Gasteiger charge is -2.19. The Kier molecular flexibility index (Phi) is 5.09. The van der Waals surface area contributed by atoms with Crippen molar-refractivity contribution in [2.24, 2.45) is 0 Å². The first kappa shape index (κ1) is 21.3. The van der Waals surface area contributed by atoms with E-state index >= 15 is 0 Å². The Morgan fingerprint density at radius 1 is 1.25 bits per heavy atom. The van der Waals surface area contributed by atoms with Crippen LogP contribution in [-0.4, -0.2) is 38.8 Å². The molecule has 3 aromatic rings. The number of ether oxygens (including phenoxy) is 1. The molecule has 7 nitrogen and oxygen atoms in total. The molecule has 0 spiro atoms. The first-order chi connectivity index (χ1) is 15.1. The molecule has 7 heteroatoms. The molecule has 2 heterocycles. The van der Waals surface area contributed by atoms with Gasteiger partial charge in [-0.2, -0.15) is 15.0 Å². The second-order valence-electron chi connectivity index (χ2n) is 8.92. The number of carbonyl (C=O) groups excluding carboxylic acids is 2. The molecule has 1 aliphatic heterocycles. The van der Waals surface area contributed by atoms with Gasteiger partial charge in [-0.05, 0) is 62.6 Å². The highest BCUT2D eigenvalue weighted by Gasteiger charge is 2.30. The number of fused-ring (bicyclic) bond motifs is 2. The average molecular weight is 428 g/mol. The standard InChI is InChI=1S/C25H24N4O3/c1-15(12-26)13-28-14-21-18(7-6-8-19(21)23(28)30)17-9-10-22-20(11-17)16(2)27-29(22)24(31)32-25(3,4)5/h6-11H,1,13-14H2,2-5H3. The predicted octanol–water partition coefficient (Wildman–Crippen LogP) is 4.83. The van der Waals surface area contributed by atoms with Gasteiger partial charge in [-0.1, -0.05) is 24.8 Å². The smallest absolute Gasteiger partial charge is 0.435 e. The topological polar surface area (TPSA) is 88.2 Å². The number of hydrogen-bond acceptors (Lipinski definition) is 5. The largest absolute Gasteiger partial charge is 0.442 e. The quantitative estimate of drug-likeness (QED) is 0.558. The zero-order valence-electron chi connectivity index (χ0n) is 18.6. The number of rotatable bonds is 3. The number of nitrogens with zero attached hydrogens (tertiary/aromatic N) is 4. The van der Waals surface area contributed by atoms with Gasteiger partial charge in [0.2, 0.25) is 0 Å². The molecule has 0 atom stereocenters. The summed E-state index contributed by atoms with van der Waals surface area (Å²) >= 11 is 0. The number of carbonyl (C=O) groups is 2. The fourth-order valence-electron chi connectivity index (χ4n) is 3.93. The van der Waals surface area contributed by atoms with Crippen LogP contribution in [-0.2, 0) is 11.3 Å². The molecule has 162 valence electrons. The van der Waals surface area contributed by atoms with Crippen LogP contribution in [0.1, 0.15) is 42.4 Å². The number of benzene rings is 2. The van der Waals surface area contributed by atoms with E-state index in [0.29, 0.717) is 28.9 Å². The van der Waals surface area contributed by atoms with E-state index in [1.54, 1.807) is 11.0 Å². The normalized spacial score (nSPS) is 13.2. The van der Waals surface area contributed by atoms with E-state index in [4.69, 9.17) is 10.00 Å². The molecule has 0 unspecified atom stereocenters. The van der Waals surface area contributed by atoms with Crippen LogP contribution in [0.3, 0.4) is 0 Å². The Balaban J connectivity index is 1.74. The second-order valence-corrected chi connectivity index (χ2v) is 8.92. The number of hydrogen-bond donors (Lipinski definition) is 0. The SMILES string of the molecule is C=C(C#N)CN1Cc2c(cccc2-c2ccc3c(c2)c(C)nn3C(=O)OC(C)(C)C)C1=O. The van der Waals surface area contributed by atoms with Gasteiger partial charge in [0.05, 0.1) is 23.8 Å². The summed E-state index contributed by atoms with van der Waals surface area (Å²) in [6.07, 6.45) is -0.525. The van der Waals surface area contributed by atoms with E-state index in [1.807, 2.05) is 64.1 Å². The number of aromatic nitrogens is 2. The Morgan fingerprint density at radius 3 is 2.66 bits per heavy atom. The Morgan fingerprint density at radius 2 is 1.97 bits per heavy atom. The highest BCUT2D eigenvalue weighted by molar-refractivity contribution is 6.01. The minimum atomic E-state index is -0.622. The van der Waals surface area contributed by atoms with Crippen LogP contribution in [0.5, 0.6) is 0 Å². The molecule has 1 amide bonds. The van der Waals surface area contributed by atoms with E-state index < -0.39 is 11.7 Å². The highest BCUT2D eigenvalue weighted by Crippen LogP contribution is 2.35. The third-order valence-electron chi connectivity index (χ3n) is 5.32. The highest BCUT2D eigenvalue weighted by atomic mass is 16.6. The van der Waals surface area contributed by atoms with Crippen molar-refractivity contribution in [1.82, 2.24) is 14.7 Å². The number of aryl methyl sites for hydroxylation is 1. The third kappa shape index (κ3) is 3.76. The molecular weight excluding hydrogens is 404 g/mol. The Hall–Kier alpha value is -3.92. The van der Waals surface area contributed by atoms with Crippen LogP contribution in [0.2, 0.25) is 0 Å². The lowest BCUT2D eigenvalue weighted by atomic mass is 9.96. The van der Waals surface area contributed by atoms with Crippen molar-refractivity contribution >= 4 is 22.9 Å². The van der Waals surface area contributed by atoms with Crippen LogP contribution < -0.4 is 0 Å². The molecule has 0 saturated carbocycles. The van der Waals surface area contributed by atoms with Crippen molar-refractivity contribution < 1.29 is 14.3 Å². The van der Waals surface area contributed by atoms with Crippen LogP contribution in [0.25, 0.3) is 22.0 Å². The molecule has 0 saturated heterocycles. The molecule has 0 bridgehead atoms. The maximum Gasteiger partial charge on any atom is 0.435 e. The van der Waals surface area contributed by atoms with Gasteiger partial charge in [0.15, 0.2) is 0 Å². The van der Waals surface area contributed by atoms with Gasteiger partial charge in [0.1, 0.15) is 5.60 Å². The van der Waals surface area contributed by atoms with Crippen LogP contribution in [0.15, 0.2) is 48.6 Å². The minimum Gasteiger partial charge on any atom is -0.442 e. The summed E-state index contributed by atoms with van der Waals surface area (Å²) in [6.45, 7) is 11.6. The van der Waals surface area contributed by atoms with Gasteiger partial charge < -0.3 is 9.64 Å². The van der Waals surface area contributed by atoms with E-state index in [0.717, 1.165) is 22.1 Å². The van der Waals surface area contributed by atoms with Gasteiger partial charge in [-0.15, -0.1) is 0 Å². The number of amides is 1. The fraction of sp³-hybridized carbons (Fsp3) is 0.280. The van der Waals surface area contributed by atoms with E-state index in [9.17, 15) is 9.59 Å². The average Bonchev–Trinajstić information content (AvgIpc) is 3.23. The van der Waals surface area contributed by atoms with Gasteiger partial charge in [0.25, 0.3) is 5.91 Å². The zero-order chi connectivity index (χ0) is 23.2. The Bertz CT molecular complexity index is 1320. The Labute approximate surface area is 186 Å². The molecule has 0 aliphatic carbocycles. The van der Waals surface area contributed by atoms with Crippen molar-refractivity contribution in [2.45, 2.75) is 39.8 Å².